The van der Waals surface area contributed by atoms with Crippen molar-refractivity contribution in [3.05, 3.63) is 65.5 Å². The Bertz CT molecular complexity index is 772. The Morgan fingerprint density at radius 3 is 2.50 bits per heavy atom. The van der Waals surface area contributed by atoms with Gasteiger partial charge >= 0.3 is 0 Å². The lowest BCUT2D eigenvalue weighted by Crippen LogP contribution is -2.33. The molecule has 0 spiro atoms. The lowest BCUT2D eigenvalue weighted by atomic mass is 9.88. The highest BCUT2D eigenvalue weighted by Gasteiger charge is 2.31. The van der Waals surface area contributed by atoms with Gasteiger partial charge in [-0.1, -0.05) is 24.3 Å². The molecule has 1 aliphatic rings. The second-order valence-corrected chi connectivity index (χ2v) is 7.58. The molecule has 2 aromatic rings. The zero-order valence-corrected chi connectivity index (χ0v) is 13.2. The van der Waals surface area contributed by atoms with E-state index in [0.29, 0.717) is 0 Å². The van der Waals surface area contributed by atoms with E-state index in [1.165, 1.54) is 34.1 Å². The van der Waals surface area contributed by atoms with Crippen LogP contribution in [0, 0.1) is 5.82 Å². The first kappa shape index (κ1) is 15.2. The summed E-state index contributed by atoms with van der Waals surface area (Å²) in [6.07, 6.45) is 2.75. The lowest BCUT2D eigenvalue weighted by Gasteiger charge is -2.32. The number of hydrogen-bond acceptors (Lipinski definition) is 2. The molecule has 0 amide bonds. The summed E-state index contributed by atoms with van der Waals surface area (Å²) < 4.78 is 39.9. The average Bonchev–Trinajstić information content (AvgIpc) is 2.54. The van der Waals surface area contributed by atoms with Crippen molar-refractivity contribution in [1.82, 2.24) is 4.31 Å². The van der Waals surface area contributed by atoms with Crippen molar-refractivity contribution in [2.24, 2.45) is 0 Å². The molecule has 0 heterocycles. The van der Waals surface area contributed by atoms with E-state index in [-0.39, 0.29) is 10.9 Å². The highest BCUT2D eigenvalue weighted by molar-refractivity contribution is 7.89. The minimum absolute atomic E-state index is 0.124. The summed E-state index contributed by atoms with van der Waals surface area (Å²) in [6.45, 7) is 0. The van der Waals surface area contributed by atoms with E-state index in [2.05, 4.69) is 6.07 Å². The first-order valence-electron chi connectivity index (χ1n) is 7.31. The van der Waals surface area contributed by atoms with Gasteiger partial charge in [-0.2, -0.15) is 4.31 Å². The number of rotatable bonds is 3. The highest BCUT2D eigenvalue weighted by Crippen LogP contribution is 2.36. The first-order chi connectivity index (χ1) is 10.5. The van der Waals surface area contributed by atoms with Gasteiger partial charge in [-0.3, -0.25) is 0 Å². The van der Waals surface area contributed by atoms with Crippen molar-refractivity contribution in [3.63, 3.8) is 0 Å². The van der Waals surface area contributed by atoms with Crippen molar-refractivity contribution in [2.45, 2.75) is 30.2 Å². The van der Waals surface area contributed by atoms with Gasteiger partial charge in [0.15, 0.2) is 0 Å². The van der Waals surface area contributed by atoms with Crippen LogP contribution < -0.4 is 0 Å². The fourth-order valence-electron chi connectivity index (χ4n) is 3.05. The van der Waals surface area contributed by atoms with Crippen LogP contribution >= 0.6 is 0 Å². The summed E-state index contributed by atoms with van der Waals surface area (Å²) in [4.78, 5) is 0.124. The monoisotopic (exact) mass is 319 g/mol. The number of nitrogens with zero attached hydrogens (tertiary/aromatic N) is 1. The SMILES string of the molecule is CN(C1CCCc2ccccc21)S(=O)(=O)c1ccc(F)cc1. The molecule has 0 N–H and O–H groups in total. The molecule has 3 nitrogen and oxygen atoms in total. The minimum Gasteiger partial charge on any atom is -0.207 e. The summed E-state index contributed by atoms with van der Waals surface area (Å²) in [5.74, 6) is -0.440. The second-order valence-electron chi connectivity index (χ2n) is 5.58. The molecule has 1 aliphatic carbocycles. The zero-order chi connectivity index (χ0) is 15.7. The van der Waals surface area contributed by atoms with E-state index in [1.54, 1.807) is 7.05 Å². The number of sulfonamides is 1. The van der Waals surface area contributed by atoms with Gasteiger partial charge in [-0.05, 0) is 54.7 Å². The minimum atomic E-state index is -3.63. The van der Waals surface area contributed by atoms with Crippen molar-refractivity contribution in [2.75, 3.05) is 7.05 Å². The Labute approximate surface area is 130 Å². The molecular formula is C17H18FNO2S. The van der Waals surface area contributed by atoms with E-state index in [4.69, 9.17) is 0 Å². The molecule has 0 fully saturated rings. The maximum Gasteiger partial charge on any atom is 0.243 e. The second kappa shape index (κ2) is 5.82. The smallest absolute Gasteiger partial charge is 0.207 e. The van der Waals surface area contributed by atoms with Crippen LogP contribution in [0.4, 0.5) is 4.39 Å². The molecule has 0 radical (unpaired) electrons. The van der Waals surface area contributed by atoms with Gasteiger partial charge in [0, 0.05) is 13.1 Å². The summed E-state index contributed by atoms with van der Waals surface area (Å²) in [5, 5.41) is 0. The van der Waals surface area contributed by atoms with Crippen LogP contribution in [0.15, 0.2) is 53.4 Å². The largest absolute Gasteiger partial charge is 0.243 e. The van der Waals surface area contributed by atoms with E-state index in [0.717, 1.165) is 24.8 Å². The molecule has 0 saturated heterocycles. The third-order valence-corrected chi connectivity index (χ3v) is 6.15. The molecule has 0 aliphatic heterocycles. The molecule has 22 heavy (non-hydrogen) atoms. The lowest BCUT2D eigenvalue weighted by molar-refractivity contribution is 0.337. The summed E-state index contributed by atoms with van der Waals surface area (Å²) in [5.41, 5.74) is 2.28. The first-order valence-corrected chi connectivity index (χ1v) is 8.75. The predicted molar refractivity (Wildman–Crippen MR) is 83.5 cm³/mol. The van der Waals surface area contributed by atoms with Gasteiger partial charge in [0.2, 0.25) is 10.0 Å². The number of benzene rings is 2. The molecule has 116 valence electrons. The molecule has 0 saturated carbocycles. The van der Waals surface area contributed by atoms with Crippen LogP contribution in [0.2, 0.25) is 0 Å². The maximum absolute atomic E-state index is 13.0. The Morgan fingerprint density at radius 1 is 1.09 bits per heavy atom. The fraction of sp³-hybridized carbons (Fsp3) is 0.294. The summed E-state index contributed by atoms with van der Waals surface area (Å²) >= 11 is 0. The Morgan fingerprint density at radius 2 is 1.77 bits per heavy atom. The molecule has 0 bridgehead atoms. The Balaban J connectivity index is 1.97. The van der Waals surface area contributed by atoms with Gasteiger partial charge in [0.25, 0.3) is 0 Å². The normalized spacial score (nSPS) is 18.2. The molecule has 5 heteroatoms. The molecular weight excluding hydrogens is 301 g/mol. The quantitative estimate of drug-likeness (QED) is 0.868. The molecule has 0 aromatic heterocycles. The van der Waals surface area contributed by atoms with Gasteiger partial charge in [0.05, 0.1) is 4.90 Å². The summed E-state index contributed by atoms with van der Waals surface area (Å²) in [6, 6.07) is 12.8. The molecule has 2 aromatic carbocycles. The van der Waals surface area contributed by atoms with Crippen LogP contribution in [-0.4, -0.2) is 19.8 Å². The number of aryl methyl sites for hydroxylation is 1. The fourth-order valence-corrected chi connectivity index (χ4v) is 4.41. The maximum atomic E-state index is 13.0. The van der Waals surface area contributed by atoms with Crippen LogP contribution in [-0.2, 0) is 16.4 Å². The predicted octanol–water partition coefficient (Wildman–Crippen LogP) is 3.52. The zero-order valence-electron chi connectivity index (χ0n) is 12.4. The van der Waals surface area contributed by atoms with Crippen molar-refractivity contribution < 1.29 is 12.8 Å². The van der Waals surface area contributed by atoms with E-state index in [9.17, 15) is 12.8 Å². The van der Waals surface area contributed by atoms with Gasteiger partial charge in [-0.25, -0.2) is 12.8 Å². The Kier molecular flexibility index (Phi) is 4.02. The van der Waals surface area contributed by atoms with Gasteiger partial charge in [0.1, 0.15) is 5.82 Å². The number of fused-ring (bicyclic) bond motifs is 1. The van der Waals surface area contributed by atoms with E-state index < -0.39 is 15.8 Å². The third-order valence-electron chi connectivity index (χ3n) is 4.27. The topological polar surface area (TPSA) is 37.4 Å². The number of hydrogen-bond donors (Lipinski definition) is 0. The van der Waals surface area contributed by atoms with Crippen molar-refractivity contribution in [3.8, 4) is 0 Å². The van der Waals surface area contributed by atoms with Gasteiger partial charge in [-0.15, -0.1) is 0 Å². The van der Waals surface area contributed by atoms with Crippen molar-refractivity contribution >= 4 is 10.0 Å². The molecule has 3 rings (SSSR count). The van der Waals surface area contributed by atoms with Gasteiger partial charge < -0.3 is 0 Å². The molecule has 1 unspecified atom stereocenters. The van der Waals surface area contributed by atoms with Crippen molar-refractivity contribution in [1.29, 1.82) is 0 Å². The highest BCUT2D eigenvalue weighted by atomic mass is 32.2. The van der Waals surface area contributed by atoms with Crippen LogP contribution in [0.25, 0.3) is 0 Å². The molecule has 1 atom stereocenters. The Hall–Kier alpha value is -1.72. The van der Waals surface area contributed by atoms with Crippen LogP contribution in [0.3, 0.4) is 0 Å². The average molecular weight is 319 g/mol. The third kappa shape index (κ3) is 2.66. The summed E-state index contributed by atoms with van der Waals surface area (Å²) in [7, 11) is -2.03. The van der Waals surface area contributed by atoms with E-state index >= 15 is 0 Å². The van der Waals surface area contributed by atoms with Crippen LogP contribution in [0.5, 0.6) is 0 Å². The van der Waals surface area contributed by atoms with Crippen LogP contribution in [0.1, 0.15) is 30.0 Å². The number of halogens is 1. The van der Waals surface area contributed by atoms with E-state index in [1.807, 2.05) is 18.2 Å². The standard InChI is InChI=1S/C17H18FNO2S/c1-19(22(20,21)15-11-9-14(18)10-12-15)17-8-4-6-13-5-2-3-7-16(13)17/h2-3,5,7,9-12,17H,4,6,8H2,1H3.